The van der Waals surface area contributed by atoms with Gasteiger partial charge < -0.3 is 5.32 Å². The second kappa shape index (κ2) is 10.5. The van der Waals surface area contributed by atoms with Crippen molar-refractivity contribution in [1.29, 1.82) is 0 Å². The molecule has 1 aromatic rings. The Kier molecular flexibility index (Phi) is 9.05. The average Bonchev–Trinajstić information content (AvgIpc) is 2.40. The molecule has 1 nitrogen and oxygen atoms in total. The summed E-state index contributed by atoms with van der Waals surface area (Å²) in [5.41, 5.74) is 1.43. The summed E-state index contributed by atoms with van der Waals surface area (Å²) in [7, 11) is 0. The quantitative estimate of drug-likeness (QED) is 0.626. The van der Waals surface area contributed by atoms with Crippen molar-refractivity contribution in [3.63, 3.8) is 0 Å². The highest BCUT2D eigenvalue weighted by atomic mass is 32.2. The van der Waals surface area contributed by atoms with E-state index >= 15 is 0 Å². The Morgan fingerprint density at radius 2 is 1.94 bits per heavy atom. The van der Waals surface area contributed by atoms with E-state index in [1.54, 1.807) is 0 Å². The van der Waals surface area contributed by atoms with Crippen molar-refractivity contribution in [2.45, 2.75) is 51.3 Å². The fourth-order valence-electron chi connectivity index (χ4n) is 1.94. The highest BCUT2D eigenvalue weighted by molar-refractivity contribution is 7.98. The Balaban J connectivity index is 1.95. The number of nitrogens with one attached hydrogen (secondary N) is 1. The number of hydrogen-bond donors (Lipinski definition) is 1. The molecule has 1 atom stereocenters. The van der Waals surface area contributed by atoms with Gasteiger partial charge in [-0.25, -0.2) is 0 Å². The van der Waals surface area contributed by atoms with Crippen molar-refractivity contribution < 1.29 is 0 Å². The first-order valence-corrected chi connectivity index (χ1v) is 8.33. The third-order valence-corrected chi connectivity index (χ3v) is 4.12. The molecule has 0 radical (unpaired) electrons. The zero-order valence-corrected chi connectivity index (χ0v) is 12.6. The van der Waals surface area contributed by atoms with Crippen LogP contribution in [0.15, 0.2) is 30.3 Å². The molecule has 0 saturated heterocycles. The molecule has 1 aromatic carbocycles. The molecule has 2 heteroatoms. The van der Waals surface area contributed by atoms with Crippen LogP contribution in [-0.4, -0.2) is 18.3 Å². The number of unbranched alkanes of at least 4 members (excludes halogenated alkanes) is 2. The van der Waals surface area contributed by atoms with Crippen molar-refractivity contribution in [3.8, 4) is 0 Å². The van der Waals surface area contributed by atoms with Crippen LogP contribution in [0.5, 0.6) is 0 Å². The summed E-state index contributed by atoms with van der Waals surface area (Å²) in [6.07, 6.45) is 5.37. The number of benzene rings is 1. The van der Waals surface area contributed by atoms with E-state index in [1.165, 1.54) is 37.0 Å². The van der Waals surface area contributed by atoms with Gasteiger partial charge in [-0.1, -0.05) is 56.5 Å². The first kappa shape index (κ1) is 15.6. The van der Waals surface area contributed by atoms with E-state index in [2.05, 4.69) is 49.5 Å². The van der Waals surface area contributed by atoms with E-state index in [4.69, 9.17) is 0 Å². The monoisotopic (exact) mass is 265 g/mol. The second-order valence-corrected chi connectivity index (χ2v) is 5.99. The van der Waals surface area contributed by atoms with Gasteiger partial charge in [-0.15, -0.1) is 0 Å². The molecule has 18 heavy (non-hydrogen) atoms. The van der Waals surface area contributed by atoms with E-state index in [-0.39, 0.29) is 0 Å². The van der Waals surface area contributed by atoms with Crippen molar-refractivity contribution in [2.75, 3.05) is 12.3 Å². The van der Waals surface area contributed by atoms with E-state index in [0.717, 1.165) is 12.3 Å². The van der Waals surface area contributed by atoms with Crippen molar-refractivity contribution >= 4 is 11.8 Å². The van der Waals surface area contributed by atoms with Gasteiger partial charge in [-0.05, 0) is 18.9 Å². The topological polar surface area (TPSA) is 12.0 Å². The largest absolute Gasteiger partial charge is 0.313 e. The van der Waals surface area contributed by atoms with Crippen LogP contribution in [0.1, 0.15) is 45.1 Å². The lowest BCUT2D eigenvalue weighted by Crippen LogP contribution is -2.28. The predicted molar refractivity (Wildman–Crippen MR) is 84.2 cm³/mol. The molecule has 0 aliphatic heterocycles. The van der Waals surface area contributed by atoms with Crippen LogP contribution < -0.4 is 5.32 Å². The molecular weight excluding hydrogens is 238 g/mol. The Morgan fingerprint density at radius 1 is 1.17 bits per heavy atom. The van der Waals surface area contributed by atoms with Crippen LogP contribution in [0.3, 0.4) is 0 Å². The minimum absolute atomic E-state index is 0.675. The Labute approximate surface area is 117 Å². The summed E-state index contributed by atoms with van der Waals surface area (Å²) >= 11 is 2.01. The maximum atomic E-state index is 3.61. The molecule has 0 saturated carbocycles. The Hall–Kier alpha value is -0.470. The highest BCUT2D eigenvalue weighted by Gasteiger charge is 2.00. The molecule has 1 rings (SSSR count). The van der Waals surface area contributed by atoms with Crippen LogP contribution in [-0.2, 0) is 5.75 Å². The van der Waals surface area contributed by atoms with Gasteiger partial charge in [0.25, 0.3) is 0 Å². The molecule has 0 aromatic heterocycles. The highest BCUT2D eigenvalue weighted by Crippen LogP contribution is 2.11. The SMILES string of the molecule is CCCCCC(C)NCCSCc1ccccc1. The molecule has 0 amide bonds. The minimum Gasteiger partial charge on any atom is -0.313 e. The lowest BCUT2D eigenvalue weighted by Gasteiger charge is -2.13. The molecule has 0 spiro atoms. The van der Waals surface area contributed by atoms with E-state index in [1.807, 2.05) is 11.8 Å². The summed E-state index contributed by atoms with van der Waals surface area (Å²) in [6.45, 7) is 5.70. The van der Waals surface area contributed by atoms with Gasteiger partial charge in [0.1, 0.15) is 0 Å². The first-order chi connectivity index (χ1) is 8.83. The fraction of sp³-hybridized carbons (Fsp3) is 0.625. The van der Waals surface area contributed by atoms with E-state index in [9.17, 15) is 0 Å². The molecule has 0 heterocycles. The lowest BCUT2D eigenvalue weighted by molar-refractivity contribution is 0.502. The number of hydrogen-bond acceptors (Lipinski definition) is 2. The van der Waals surface area contributed by atoms with E-state index in [0.29, 0.717) is 6.04 Å². The summed E-state index contributed by atoms with van der Waals surface area (Å²) in [5, 5.41) is 3.61. The van der Waals surface area contributed by atoms with Gasteiger partial charge in [0.2, 0.25) is 0 Å². The van der Waals surface area contributed by atoms with Gasteiger partial charge in [0.05, 0.1) is 0 Å². The number of rotatable bonds is 10. The van der Waals surface area contributed by atoms with Crippen LogP contribution in [0, 0.1) is 0 Å². The third kappa shape index (κ3) is 7.78. The summed E-state index contributed by atoms with van der Waals surface area (Å²) < 4.78 is 0. The lowest BCUT2D eigenvalue weighted by atomic mass is 10.1. The maximum absolute atomic E-state index is 3.61. The first-order valence-electron chi connectivity index (χ1n) is 7.18. The van der Waals surface area contributed by atoms with Crippen molar-refractivity contribution in [1.82, 2.24) is 5.32 Å². The van der Waals surface area contributed by atoms with Crippen LogP contribution in [0.25, 0.3) is 0 Å². The van der Waals surface area contributed by atoms with Gasteiger partial charge in [-0.2, -0.15) is 11.8 Å². The summed E-state index contributed by atoms with van der Waals surface area (Å²) in [5.74, 6) is 2.33. The third-order valence-electron chi connectivity index (χ3n) is 3.09. The molecule has 1 unspecified atom stereocenters. The smallest absolute Gasteiger partial charge is 0.0185 e. The van der Waals surface area contributed by atoms with Gasteiger partial charge in [0.15, 0.2) is 0 Å². The predicted octanol–water partition coefficient (Wildman–Crippen LogP) is 4.48. The molecule has 0 bridgehead atoms. The zero-order valence-electron chi connectivity index (χ0n) is 11.8. The Morgan fingerprint density at radius 3 is 2.67 bits per heavy atom. The van der Waals surface area contributed by atoms with Crippen LogP contribution in [0.2, 0.25) is 0 Å². The van der Waals surface area contributed by atoms with Gasteiger partial charge in [0, 0.05) is 24.1 Å². The van der Waals surface area contributed by atoms with Crippen molar-refractivity contribution in [3.05, 3.63) is 35.9 Å². The summed E-state index contributed by atoms with van der Waals surface area (Å²) in [6, 6.07) is 11.4. The maximum Gasteiger partial charge on any atom is 0.0185 e. The Bertz CT molecular complexity index is 286. The molecule has 0 aliphatic carbocycles. The second-order valence-electron chi connectivity index (χ2n) is 4.89. The standard InChI is InChI=1S/C16H27NS/c1-3-4-6-9-15(2)17-12-13-18-14-16-10-7-5-8-11-16/h5,7-8,10-11,15,17H,3-4,6,9,12-14H2,1-2H3. The number of thioether (sulfide) groups is 1. The van der Waals surface area contributed by atoms with E-state index < -0.39 is 0 Å². The van der Waals surface area contributed by atoms with Crippen LogP contribution >= 0.6 is 11.8 Å². The summed E-state index contributed by atoms with van der Waals surface area (Å²) in [4.78, 5) is 0. The van der Waals surface area contributed by atoms with Gasteiger partial charge >= 0.3 is 0 Å². The average molecular weight is 265 g/mol. The molecule has 1 N–H and O–H groups in total. The van der Waals surface area contributed by atoms with Crippen LogP contribution in [0.4, 0.5) is 0 Å². The molecular formula is C16H27NS. The van der Waals surface area contributed by atoms with Crippen molar-refractivity contribution in [2.24, 2.45) is 0 Å². The molecule has 102 valence electrons. The zero-order chi connectivity index (χ0) is 13.1. The van der Waals surface area contributed by atoms with Gasteiger partial charge in [-0.3, -0.25) is 0 Å². The normalized spacial score (nSPS) is 12.6. The molecule has 0 aliphatic rings. The molecule has 0 fully saturated rings. The fourth-order valence-corrected chi connectivity index (χ4v) is 2.78. The minimum atomic E-state index is 0.675.